The Morgan fingerprint density at radius 3 is 1.96 bits per heavy atom. The van der Waals surface area contributed by atoms with Crippen molar-refractivity contribution in [3.8, 4) is 0 Å². The van der Waals surface area contributed by atoms with Crippen molar-refractivity contribution in [3.63, 3.8) is 0 Å². The predicted molar refractivity (Wildman–Crippen MR) is 105 cm³/mol. The second-order valence-electron chi connectivity index (χ2n) is 7.12. The van der Waals surface area contributed by atoms with E-state index in [1.807, 2.05) is 13.8 Å². The third-order valence-electron chi connectivity index (χ3n) is 3.35. The lowest BCUT2D eigenvalue weighted by atomic mass is 10.1. The Morgan fingerprint density at radius 1 is 1.11 bits per heavy atom. The first-order valence-electron chi connectivity index (χ1n) is 9.09. The first kappa shape index (κ1) is 23.0. The van der Waals surface area contributed by atoms with E-state index in [0.29, 0.717) is 17.0 Å². The number of amides is 2. The molecule has 0 saturated heterocycles. The summed E-state index contributed by atoms with van der Waals surface area (Å²) in [5, 5.41) is 13.6. The summed E-state index contributed by atoms with van der Waals surface area (Å²) in [7, 11) is 0. The molecule has 0 bridgehead atoms. The number of carbonyl (C=O) groups is 3. The highest BCUT2D eigenvalue weighted by molar-refractivity contribution is 6.22. The van der Waals surface area contributed by atoms with Gasteiger partial charge in [0.1, 0.15) is 0 Å². The molecule has 0 spiro atoms. The Morgan fingerprint density at radius 2 is 1.61 bits per heavy atom. The molecule has 0 radical (unpaired) electrons. The Bertz CT molecular complexity index is 758. The highest BCUT2D eigenvalue weighted by atomic mass is 16.4. The molecule has 8 heteroatoms. The highest BCUT2D eigenvalue weighted by Gasteiger charge is 2.34. The van der Waals surface area contributed by atoms with Gasteiger partial charge >= 0.3 is 5.96 Å². The molecule has 2 N–H and O–H groups in total. The van der Waals surface area contributed by atoms with Crippen molar-refractivity contribution in [1.29, 1.82) is 0 Å². The van der Waals surface area contributed by atoms with Crippen LogP contribution >= 0.6 is 0 Å². The molecule has 0 aliphatic carbocycles. The van der Waals surface area contributed by atoms with E-state index in [2.05, 4.69) is 43.0 Å². The standard InChI is InChI=1S/C10H21N3.C10H7NO4/c1-7(2)11-10(12-8(3)4)13-9(5)6;12-8(13)5-11-9(14)6-3-1-2-4-7(6)10(11)15/h7-8H,1-6H3,(H,11,12);1-4H,5H2,(H,12,13). The summed E-state index contributed by atoms with van der Waals surface area (Å²) < 4.78 is 0. The quantitative estimate of drug-likeness (QED) is 0.404. The maximum Gasteiger partial charge on any atom is 0.384 e. The summed E-state index contributed by atoms with van der Waals surface area (Å²) in [5.41, 5.74) is 1.53. The van der Waals surface area contributed by atoms with Crippen LogP contribution in [0, 0.1) is 0 Å². The molecule has 0 unspecified atom stereocenters. The van der Waals surface area contributed by atoms with Crippen molar-refractivity contribution in [2.45, 2.75) is 53.6 Å². The smallest absolute Gasteiger partial charge is 0.384 e. The van der Waals surface area contributed by atoms with Crippen LogP contribution in [0.5, 0.6) is 0 Å². The van der Waals surface area contributed by atoms with Gasteiger partial charge in [0, 0.05) is 0 Å². The molecule has 1 aliphatic rings. The van der Waals surface area contributed by atoms with Gasteiger partial charge < -0.3 is 9.90 Å². The normalized spacial score (nSPS) is 13.3. The zero-order valence-corrected chi connectivity index (χ0v) is 17.2. The van der Waals surface area contributed by atoms with E-state index in [1.54, 1.807) is 12.1 Å². The number of nitrogens with one attached hydrogen (secondary N) is 2. The molecule has 0 atom stereocenters. The third-order valence-corrected chi connectivity index (χ3v) is 3.35. The van der Waals surface area contributed by atoms with Crippen LogP contribution in [0.1, 0.15) is 62.3 Å². The van der Waals surface area contributed by atoms with Crippen molar-refractivity contribution in [2.24, 2.45) is 4.99 Å². The van der Waals surface area contributed by atoms with Crippen molar-refractivity contribution < 1.29 is 24.5 Å². The van der Waals surface area contributed by atoms with E-state index in [4.69, 9.17) is 0 Å². The van der Waals surface area contributed by atoms with Crippen molar-refractivity contribution in [2.75, 3.05) is 6.54 Å². The Labute approximate surface area is 165 Å². The molecule has 0 aromatic heterocycles. The second-order valence-corrected chi connectivity index (χ2v) is 7.12. The summed E-state index contributed by atoms with van der Waals surface area (Å²) in [6, 6.07) is 7.03. The number of guanidine groups is 1. The molecule has 2 amide bonds. The lowest BCUT2D eigenvalue weighted by Crippen LogP contribution is -2.80. The minimum atomic E-state index is -1.45. The number of nitrogens with zero attached hydrogens (tertiary/aromatic N) is 2. The number of rotatable bonds is 4. The monoisotopic (exact) mass is 388 g/mol. The fraction of sp³-hybridized carbons (Fsp3) is 0.450. The molecule has 1 aromatic rings. The zero-order valence-electron chi connectivity index (χ0n) is 17.2. The first-order chi connectivity index (χ1) is 13.0. The summed E-state index contributed by atoms with van der Waals surface area (Å²) >= 11 is 0. The zero-order chi connectivity index (χ0) is 21.4. The average Bonchev–Trinajstić information content (AvgIpc) is 2.79. The Hall–Kier alpha value is -3.03. The van der Waals surface area contributed by atoms with Gasteiger partial charge in [0.2, 0.25) is 0 Å². The van der Waals surface area contributed by atoms with Crippen molar-refractivity contribution >= 4 is 29.5 Å². The van der Waals surface area contributed by atoms with Crippen LogP contribution in [-0.4, -0.2) is 53.0 Å². The molecule has 2 rings (SSSR count). The van der Waals surface area contributed by atoms with E-state index < -0.39 is 24.3 Å². The lowest BCUT2D eigenvalue weighted by molar-refractivity contribution is -0.496. The summed E-state index contributed by atoms with van der Waals surface area (Å²) in [6.07, 6.45) is 0. The van der Waals surface area contributed by atoms with Crippen LogP contribution in [0.4, 0.5) is 0 Å². The highest BCUT2D eigenvalue weighted by Crippen LogP contribution is 2.21. The summed E-state index contributed by atoms with van der Waals surface area (Å²) in [4.78, 5) is 41.7. The minimum Gasteiger partial charge on any atom is -0.548 e. The first-order valence-corrected chi connectivity index (χ1v) is 9.09. The second kappa shape index (κ2) is 10.3. The van der Waals surface area contributed by atoms with Gasteiger partial charge in [-0.05, 0) is 53.7 Å². The maximum absolute atomic E-state index is 11.6. The number of carbonyl (C=O) groups excluding carboxylic acids is 3. The molecular weight excluding hydrogens is 360 g/mol. The summed E-state index contributed by atoms with van der Waals surface area (Å²) in [5.74, 6) is -1.76. The van der Waals surface area contributed by atoms with Crippen LogP contribution in [0.25, 0.3) is 0 Å². The lowest BCUT2D eigenvalue weighted by Gasteiger charge is -2.13. The van der Waals surface area contributed by atoms with Gasteiger partial charge in [0.05, 0.1) is 41.4 Å². The summed E-state index contributed by atoms with van der Waals surface area (Å²) in [6.45, 7) is 11.7. The number of hydrogen-bond acceptors (Lipinski definition) is 4. The average molecular weight is 388 g/mol. The van der Waals surface area contributed by atoms with Crippen LogP contribution < -0.4 is 15.4 Å². The molecule has 1 aromatic carbocycles. The van der Waals surface area contributed by atoms with E-state index in [9.17, 15) is 19.5 Å². The van der Waals surface area contributed by atoms with Crippen molar-refractivity contribution in [1.82, 2.24) is 10.2 Å². The van der Waals surface area contributed by atoms with Gasteiger partial charge in [0.15, 0.2) is 0 Å². The van der Waals surface area contributed by atoms with Gasteiger partial charge in [-0.2, -0.15) is 0 Å². The van der Waals surface area contributed by atoms with Gasteiger partial charge in [-0.25, -0.2) is 0 Å². The van der Waals surface area contributed by atoms with Crippen LogP contribution in [0.3, 0.4) is 0 Å². The SMILES string of the molecule is CC(C)=NC(NC(C)C)=[NH+]C(C)C.O=C([O-])CN1C(=O)c2ccccc2C1=O. The number of aliphatic carboxylic acids is 1. The van der Waals surface area contributed by atoms with Gasteiger partial charge in [-0.1, -0.05) is 17.1 Å². The third kappa shape index (κ3) is 6.94. The van der Waals surface area contributed by atoms with E-state index in [-0.39, 0.29) is 11.1 Å². The van der Waals surface area contributed by atoms with E-state index >= 15 is 0 Å². The van der Waals surface area contributed by atoms with E-state index in [1.165, 1.54) is 12.1 Å². The molecule has 152 valence electrons. The minimum absolute atomic E-state index is 0.240. The molecule has 0 fully saturated rings. The van der Waals surface area contributed by atoms with Crippen molar-refractivity contribution in [3.05, 3.63) is 35.4 Å². The number of carboxylic acids is 1. The number of imide groups is 1. The fourth-order valence-electron chi connectivity index (χ4n) is 2.39. The molecule has 0 saturated carbocycles. The number of benzene rings is 1. The molecule has 8 nitrogen and oxygen atoms in total. The number of fused-ring (bicyclic) bond motifs is 1. The van der Waals surface area contributed by atoms with Gasteiger partial charge in [-0.3, -0.25) is 24.8 Å². The molecule has 1 aliphatic heterocycles. The number of carboxylic acid groups (broad SMARTS) is 1. The fourth-order valence-corrected chi connectivity index (χ4v) is 2.39. The van der Waals surface area contributed by atoms with Gasteiger partial charge in [-0.15, -0.1) is 0 Å². The molecule has 28 heavy (non-hydrogen) atoms. The van der Waals surface area contributed by atoms with E-state index in [0.717, 1.165) is 11.7 Å². The van der Waals surface area contributed by atoms with Gasteiger partial charge in [0.25, 0.3) is 11.8 Å². The molecular formula is C20H28N4O4. The predicted octanol–water partition coefficient (Wildman–Crippen LogP) is -0.657. The number of aliphatic imine (C=N–C) groups is 1. The van der Waals surface area contributed by atoms with Crippen LogP contribution in [0.2, 0.25) is 0 Å². The largest absolute Gasteiger partial charge is 0.548 e. The maximum atomic E-state index is 11.6. The Balaban J connectivity index is 0.000000284. The number of hydrogen-bond donors (Lipinski definition) is 2. The topological polar surface area (TPSA) is 116 Å². The van der Waals surface area contributed by atoms with Crippen LogP contribution in [-0.2, 0) is 4.79 Å². The van der Waals surface area contributed by atoms with Crippen LogP contribution in [0.15, 0.2) is 29.3 Å². The molecule has 1 heterocycles. The Kier molecular flexibility index (Phi) is 8.50.